The zero-order valence-corrected chi connectivity index (χ0v) is 21.0. The van der Waals surface area contributed by atoms with Crippen molar-refractivity contribution in [3.05, 3.63) is 99.2 Å². The maximum absolute atomic E-state index is 13.6. The van der Waals surface area contributed by atoms with E-state index >= 15 is 0 Å². The van der Waals surface area contributed by atoms with Gasteiger partial charge in [0, 0.05) is 18.8 Å². The molecule has 0 unspecified atom stereocenters. The van der Waals surface area contributed by atoms with Crippen LogP contribution in [0.2, 0.25) is 0 Å². The van der Waals surface area contributed by atoms with Gasteiger partial charge in [0.05, 0.1) is 31.3 Å². The lowest BCUT2D eigenvalue weighted by atomic mass is 10.0. The van der Waals surface area contributed by atoms with E-state index in [2.05, 4.69) is 15.6 Å². The number of halogens is 1. The van der Waals surface area contributed by atoms with Gasteiger partial charge in [-0.25, -0.2) is 4.39 Å². The summed E-state index contributed by atoms with van der Waals surface area (Å²) in [7, 11) is 0. The third-order valence-corrected chi connectivity index (χ3v) is 6.07. The summed E-state index contributed by atoms with van der Waals surface area (Å²) in [5.41, 5.74) is 1.60. The number of fused-ring (bicyclic) bond motifs is 1. The van der Waals surface area contributed by atoms with E-state index in [0.717, 1.165) is 5.56 Å². The molecular formula is C28H27FN4O6. The lowest BCUT2D eigenvalue weighted by Gasteiger charge is -2.17. The molecule has 4 rings (SSSR count). The molecule has 2 aromatic carbocycles. The molecule has 0 saturated carbocycles. The van der Waals surface area contributed by atoms with E-state index in [4.69, 9.17) is 0 Å². The molecule has 11 heteroatoms. The summed E-state index contributed by atoms with van der Waals surface area (Å²) in [5, 5.41) is 34.6. The van der Waals surface area contributed by atoms with Gasteiger partial charge in [-0.3, -0.25) is 19.4 Å². The Labute approximate surface area is 222 Å². The summed E-state index contributed by atoms with van der Waals surface area (Å²) in [4.78, 5) is 42.2. The number of nitrogens with one attached hydrogen (secondary N) is 2. The number of benzene rings is 2. The predicted molar refractivity (Wildman–Crippen MR) is 142 cm³/mol. The quantitative estimate of drug-likeness (QED) is 0.220. The normalized spacial score (nSPS) is 11.1. The summed E-state index contributed by atoms with van der Waals surface area (Å²) in [5.74, 6) is -2.20. The third kappa shape index (κ3) is 6.28. The van der Waals surface area contributed by atoms with Gasteiger partial charge in [0.25, 0.3) is 11.5 Å². The van der Waals surface area contributed by atoms with Crippen molar-refractivity contribution >= 4 is 28.5 Å². The Balaban J connectivity index is 1.82. The van der Waals surface area contributed by atoms with Gasteiger partial charge in [-0.15, -0.1) is 0 Å². The largest absolute Gasteiger partial charge is 0.505 e. The van der Waals surface area contributed by atoms with Crippen molar-refractivity contribution in [2.45, 2.75) is 25.9 Å². The van der Waals surface area contributed by atoms with Gasteiger partial charge in [-0.1, -0.05) is 24.3 Å². The molecule has 2 heterocycles. The number of rotatable bonds is 9. The minimum Gasteiger partial charge on any atom is -0.505 e. The van der Waals surface area contributed by atoms with Crippen LogP contribution in [0, 0.1) is 5.82 Å². The molecule has 0 aliphatic rings. The maximum atomic E-state index is 13.6. The topological polar surface area (TPSA) is 154 Å². The molecule has 202 valence electrons. The molecule has 0 atom stereocenters. The number of anilines is 1. The first kappa shape index (κ1) is 27.4. The molecule has 0 aliphatic carbocycles. The molecule has 0 radical (unpaired) electrons. The first-order valence-corrected chi connectivity index (χ1v) is 12.1. The summed E-state index contributed by atoms with van der Waals surface area (Å²) in [6.07, 6.45) is 1.87. The van der Waals surface area contributed by atoms with Crippen LogP contribution >= 0.6 is 0 Å². The fraction of sp³-hybridized carbons (Fsp3) is 0.214. The van der Waals surface area contributed by atoms with Crippen molar-refractivity contribution in [3.63, 3.8) is 0 Å². The Bertz CT molecular complexity index is 1560. The SMILES string of the molecule is CC(=O)Nc1ccc(Cn2c(=O)c(C(=O)NC(CO)CO)c(O)c3ncc(Cc4ccc(F)cc4)cc32)cc1. The number of aliphatic hydroxyl groups is 2. The van der Waals surface area contributed by atoms with Gasteiger partial charge in [0.15, 0.2) is 5.75 Å². The van der Waals surface area contributed by atoms with E-state index in [9.17, 15) is 34.1 Å². The van der Waals surface area contributed by atoms with Crippen molar-refractivity contribution in [2.75, 3.05) is 18.5 Å². The Morgan fingerprint density at radius 1 is 1.00 bits per heavy atom. The summed E-state index contributed by atoms with van der Waals surface area (Å²) in [6, 6.07) is 13.3. The van der Waals surface area contributed by atoms with E-state index in [1.165, 1.54) is 29.8 Å². The zero-order valence-electron chi connectivity index (χ0n) is 21.0. The smallest absolute Gasteiger partial charge is 0.268 e. The van der Waals surface area contributed by atoms with Gasteiger partial charge < -0.3 is 30.5 Å². The first-order valence-electron chi connectivity index (χ1n) is 12.1. The summed E-state index contributed by atoms with van der Waals surface area (Å²) >= 11 is 0. The molecule has 0 fully saturated rings. The van der Waals surface area contributed by atoms with Crippen molar-refractivity contribution in [1.82, 2.24) is 14.9 Å². The molecule has 0 spiro atoms. The van der Waals surface area contributed by atoms with E-state index in [-0.39, 0.29) is 29.3 Å². The van der Waals surface area contributed by atoms with Crippen LogP contribution in [0.3, 0.4) is 0 Å². The lowest BCUT2D eigenvalue weighted by Crippen LogP contribution is -2.43. The van der Waals surface area contributed by atoms with Crippen LogP contribution in [0.25, 0.3) is 11.0 Å². The van der Waals surface area contributed by atoms with Crippen molar-refractivity contribution < 1.29 is 29.3 Å². The standard InChI is InChI=1S/C28H27FN4O6/c1-16(36)31-21-8-4-18(5-9-21)13-33-23-11-19(10-17-2-6-20(29)7-3-17)12-30-25(23)26(37)24(28(33)39)27(38)32-22(14-34)15-35/h2-9,11-12,22,34-35,37H,10,13-15H2,1H3,(H,31,36)(H,32,38). The number of hydrogen-bond donors (Lipinski definition) is 5. The fourth-order valence-corrected chi connectivity index (χ4v) is 4.13. The summed E-state index contributed by atoms with van der Waals surface area (Å²) < 4.78 is 14.6. The number of amides is 2. The van der Waals surface area contributed by atoms with Gasteiger partial charge in [0.2, 0.25) is 5.91 Å². The Morgan fingerprint density at radius 2 is 1.64 bits per heavy atom. The second kappa shape index (κ2) is 11.8. The highest BCUT2D eigenvalue weighted by Gasteiger charge is 2.25. The number of hydrogen-bond acceptors (Lipinski definition) is 7. The number of nitrogens with zero attached hydrogens (tertiary/aromatic N) is 2. The molecule has 2 amide bonds. The van der Waals surface area contributed by atoms with Crippen molar-refractivity contribution in [2.24, 2.45) is 0 Å². The molecule has 4 aromatic rings. The molecule has 0 bridgehead atoms. The molecule has 39 heavy (non-hydrogen) atoms. The molecule has 2 aromatic heterocycles. The zero-order chi connectivity index (χ0) is 28.1. The van der Waals surface area contributed by atoms with Crippen LogP contribution in [0.15, 0.2) is 65.6 Å². The first-order chi connectivity index (χ1) is 18.7. The van der Waals surface area contributed by atoms with Crippen LogP contribution in [-0.2, 0) is 17.8 Å². The Morgan fingerprint density at radius 3 is 2.26 bits per heavy atom. The van der Waals surface area contributed by atoms with Crippen LogP contribution in [0.1, 0.15) is 34.0 Å². The van der Waals surface area contributed by atoms with E-state index in [1.807, 2.05) is 0 Å². The van der Waals surface area contributed by atoms with Gasteiger partial charge in [-0.2, -0.15) is 0 Å². The lowest BCUT2D eigenvalue weighted by molar-refractivity contribution is -0.114. The minimum absolute atomic E-state index is 0.00134. The minimum atomic E-state index is -1.03. The number of pyridine rings is 2. The van der Waals surface area contributed by atoms with Gasteiger partial charge in [0.1, 0.15) is 16.9 Å². The van der Waals surface area contributed by atoms with Gasteiger partial charge >= 0.3 is 0 Å². The molecule has 5 N–H and O–H groups in total. The predicted octanol–water partition coefficient (Wildman–Crippen LogP) is 1.92. The third-order valence-electron chi connectivity index (χ3n) is 6.07. The second-order valence-electron chi connectivity index (χ2n) is 9.04. The van der Waals surface area contributed by atoms with Crippen molar-refractivity contribution in [3.8, 4) is 5.75 Å². The van der Waals surface area contributed by atoms with Crippen LogP contribution in [0.5, 0.6) is 5.75 Å². The number of aromatic nitrogens is 2. The monoisotopic (exact) mass is 534 g/mol. The molecule has 0 aliphatic heterocycles. The van der Waals surface area contributed by atoms with E-state index in [1.54, 1.807) is 42.5 Å². The highest BCUT2D eigenvalue weighted by Crippen LogP contribution is 2.27. The average Bonchev–Trinajstić information content (AvgIpc) is 2.91. The Kier molecular flexibility index (Phi) is 8.33. The van der Waals surface area contributed by atoms with Crippen LogP contribution in [-0.4, -0.2) is 55.9 Å². The van der Waals surface area contributed by atoms with E-state index < -0.39 is 42.0 Å². The highest BCUT2D eigenvalue weighted by molar-refractivity contribution is 6.01. The van der Waals surface area contributed by atoms with Crippen molar-refractivity contribution in [1.29, 1.82) is 0 Å². The second-order valence-corrected chi connectivity index (χ2v) is 9.04. The molecule has 10 nitrogen and oxygen atoms in total. The van der Waals surface area contributed by atoms with Crippen LogP contribution in [0.4, 0.5) is 10.1 Å². The number of carbonyl (C=O) groups is 2. The Hall–Kier alpha value is -4.61. The average molecular weight is 535 g/mol. The number of carbonyl (C=O) groups excluding carboxylic acids is 2. The number of aromatic hydroxyl groups is 1. The fourth-order valence-electron chi connectivity index (χ4n) is 4.13. The number of aliphatic hydroxyl groups excluding tert-OH is 2. The van der Waals surface area contributed by atoms with E-state index in [0.29, 0.717) is 23.2 Å². The summed E-state index contributed by atoms with van der Waals surface area (Å²) in [6.45, 7) is 0.242. The molecular weight excluding hydrogens is 507 g/mol. The van der Waals surface area contributed by atoms with Crippen LogP contribution < -0.4 is 16.2 Å². The highest BCUT2D eigenvalue weighted by atomic mass is 19.1. The molecule has 0 saturated heterocycles. The van der Waals surface area contributed by atoms with Gasteiger partial charge in [-0.05, 0) is 53.4 Å². The maximum Gasteiger partial charge on any atom is 0.268 e.